The lowest BCUT2D eigenvalue weighted by Gasteiger charge is -2.39. The fourth-order valence-electron chi connectivity index (χ4n) is 2.47. The monoisotopic (exact) mass is 245 g/mol. The summed E-state index contributed by atoms with van der Waals surface area (Å²) in [5.41, 5.74) is 0.0560. The molecule has 0 aliphatic carbocycles. The minimum absolute atomic E-state index is 0.0445. The average molecular weight is 245 g/mol. The molecule has 1 aliphatic heterocycles. The van der Waals surface area contributed by atoms with Crippen LogP contribution in [0.25, 0.3) is 0 Å². The van der Waals surface area contributed by atoms with Crippen LogP contribution in [-0.2, 0) is 9.53 Å². The molecule has 1 fully saturated rings. The van der Waals surface area contributed by atoms with Gasteiger partial charge in [-0.3, -0.25) is 9.69 Å². The van der Waals surface area contributed by atoms with Gasteiger partial charge in [-0.15, -0.1) is 0 Å². The number of thioether (sulfide) groups is 1. The summed E-state index contributed by atoms with van der Waals surface area (Å²) < 4.78 is 5.09. The van der Waals surface area contributed by atoms with E-state index in [4.69, 9.17) is 4.74 Å². The predicted molar refractivity (Wildman–Crippen MR) is 68.8 cm³/mol. The van der Waals surface area contributed by atoms with Gasteiger partial charge in [0.1, 0.15) is 0 Å². The van der Waals surface area contributed by atoms with Gasteiger partial charge in [-0.2, -0.15) is 11.8 Å². The summed E-state index contributed by atoms with van der Waals surface area (Å²) in [6.45, 7) is 8.71. The maximum absolute atomic E-state index is 11.7. The van der Waals surface area contributed by atoms with Crippen molar-refractivity contribution >= 4 is 17.7 Å². The number of carbonyl (C=O) groups is 1. The van der Waals surface area contributed by atoms with Crippen molar-refractivity contribution in [2.75, 3.05) is 31.2 Å². The molecule has 3 nitrogen and oxygen atoms in total. The van der Waals surface area contributed by atoms with Gasteiger partial charge in [-0.05, 0) is 32.2 Å². The van der Waals surface area contributed by atoms with Crippen LogP contribution < -0.4 is 0 Å². The molecule has 1 rings (SSSR count). The maximum atomic E-state index is 11.7. The minimum atomic E-state index is -0.0445. The Morgan fingerprint density at radius 2 is 2.06 bits per heavy atom. The van der Waals surface area contributed by atoms with Crippen molar-refractivity contribution in [2.45, 2.75) is 39.2 Å². The normalized spacial score (nSPS) is 25.0. The first-order valence-corrected chi connectivity index (χ1v) is 7.32. The average Bonchev–Trinajstić information content (AvgIpc) is 2.69. The smallest absolute Gasteiger partial charge is 0.307 e. The van der Waals surface area contributed by atoms with Gasteiger partial charge in [0.25, 0.3) is 0 Å². The Kier molecular flexibility index (Phi) is 5.62. The van der Waals surface area contributed by atoms with Crippen molar-refractivity contribution < 1.29 is 9.53 Å². The second kappa shape index (κ2) is 6.50. The quantitative estimate of drug-likeness (QED) is 0.671. The lowest BCUT2D eigenvalue weighted by atomic mass is 9.92. The van der Waals surface area contributed by atoms with Crippen LogP contribution in [0.3, 0.4) is 0 Å². The second-order valence-electron chi connectivity index (χ2n) is 4.18. The van der Waals surface area contributed by atoms with Crippen molar-refractivity contribution in [2.24, 2.45) is 0 Å². The van der Waals surface area contributed by atoms with Crippen molar-refractivity contribution in [1.82, 2.24) is 4.90 Å². The van der Waals surface area contributed by atoms with Crippen LogP contribution in [0.2, 0.25) is 0 Å². The predicted octanol–water partition coefficient (Wildman–Crippen LogP) is 2.16. The van der Waals surface area contributed by atoms with E-state index in [1.165, 1.54) is 0 Å². The van der Waals surface area contributed by atoms with Gasteiger partial charge in [-0.25, -0.2) is 0 Å². The Bertz CT molecular complexity index is 223. The summed E-state index contributed by atoms with van der Waals surface area (Å²) in [4.78, 5) is 14.1. The summed E-state index contributed by atoms with van der Waals surface area (Å²) in [7, 11) is 0. The molecular formula is C12H23NO2S. The molecule has 0 aromatic heterocycles. The standard InChI is InChI=1S/C12H23NO2S/c1-4-13(5-2)12(7-8-16-10-12)9-11(14)15-6-3/h4-10H2,1-3H3. The highest BCUT2D eigenvalue weighted by Gasteiger charge is 2.40. The zero-order valence-electron chi connectivity index (χ0n) is 10.6. The van der Waals surface area contributed by atoms with Gasteiger partial charge in [-0.1, -0.05) is 13.8 Å². The highest BCUT2D eigenvalue weighted by Crippen LogP contribution is 2.36. The first kappa shape index (κ1) is 13.8. The van der Waals surface area contributed by atoms with Crippen LogP contribution in [-0.4, -0.2) is 47.6 Å². The molecule has 16 heavy (non-hydrogen) atoms. The Morgan fingerprint density at radius 3 is 2.50 bits per heavy atom. The van der Waals surface area contributed by atoms with Crippen LogP contribution in [0.4, 0.5) is 0 Å². The molecule has 0 radical (unpaired) electrons. The summed E-state index contributed by atoms with van der Waals surface area (Å²) in [6.07, 6.45) is 1.66. The van der Waals surface area contributed by atoms with E-state index < -0.39 is 0 Å². The molecule has 4 heteroatoms. The van der Waals surface area contributed by atoms with E-state index in [-0.39, 0.29) is 11.5 Å². The van der Waals surface area contributed by atoms with E-state index in [2.05, 4.69) is 18.7 Å². The van der Waals surface area contributed by atoms with Crippen molar-refractivity contribution in [3.05, 3.63) is 0 Å². The van der Waals surface area contributed by atoms with Crippen LogP contribution in [0, 0.1) is 0 Å². The number of hydrogen-bond acceptors (Lipinski definition) is 4. The summed E-state index contributed by atoms with van der Waals surface area (Å²) >= 11 is 1.95. The van der Waals surface area contributed by atoms with E-state index in [0.717, 1.165) is 31.0 Å². The van der Waals surface area contributed by atoms with Gasteiger partial charge in [0, 0.05) is 11.3 Å². The Balaban J connectivity index is 2.68. The first-order valence-electron chi connectivity index (χ1n) is 6.17. The van der Waals surface area contributed by atoms with Crippen molar-refractivity contribution in [3.63, 3.8) is 0 Å². The van der Waals surface area contributed by atoms with Gasteiger partial charge >= 0.3 is 5.97 Å². The van der Waals surface area contributed by atoms with Gasteiger partial charge in [0.15, 0.2) is 0 Å². The van der Waals surface area contributed by atoms with Crippen LogP contribution in [0.5, 0.6) is 0 Å². The Morgan fingerprint density at radius 1 is 1.38 bits per heavy atom. The third-order valence-corrected chi connectivity index (χ3v) is 4.53. The third-order valence-electron chi connectivity index (χ3n) is 3.30. The molecule has 0 aromatic rings. The summed E-state index contributed by atoms with van der Waals surface area (Å²) in [5.74, 6) is 2.18. The molecular weight excluding hydrogens is 222 g/mol. The maximum Gasteiger partial charge on any atom is 0.307 e. The molecule has 94 valence electrons. The van der Waals surface area contributed by atoms with E-state index in [9.17, 15) is 4.79 Å². The lowest BCUT2D eigenvalue weighted by molar-refractivity contribution is -0.146. The Hall–Kier alpha value is -0.220. The number of ether oxygens (including phenoxy) is 1. The highest BCUT2D eigenvalue weighted by atomic mass is 32.2. The van der Waals surface area contributed by atoms with Crippen molar-refractivity contribution in [3.8, 4) is 0 Å². The van der Waals surface area contributed by atoms with Crippen LogP contribution in [0.1, 0.15) is 33.6 Å². The first-order chi connectivity index (χ1) is 7.68. The molecule has 1 saturated heterocycles. The molecule has 0 amide bonds. The van der Waals surface area contributed by atoms with Gasteiger partial charge in [0.2, 0.25) is 0 Å². The topological polar surface area (TPSA) is 29.5 Å². The molecule has 1 atom stereocenters. The van der Waals surface area contributed by atoms with E-state index in [1.807, 2.05) is 18.7 Å². The number of carbonyl (C=O) groups excluding carboxylic acids is 1. The van der Waals surface area contributed by atoms with Crippen LogP contribution >= 0.6 is 11.8 Å². The molecule has 0 spiro atoms. The lowest BCUT2D eigenvalue weighted by Crippen LogP contribution is -2.50. The third kappa shape index (κ3) is 3.14. The highest BCUT2D eigenvalue weighted by molar-refractivity contribution is 7.99. The van der Waals surface area contributed by atoms with Gasteiger partial charge < -0.3 is 4.74 Å². The fraction of sp³-hybridized carbons (Fsp3) is 0.917. The van der Waals surface area contributed by atoms with E-state index in [1.54, 1.807) is 0 Å². The molecule has 1 unspecified atom stereocenters. The molecule has 0 bridgehead atoms. The SMILES string of the molecule is CCOC(=O)CC1(N(CC)CC)CCSC1. The summed E-state index contributed by atoms with van der Waals surface area (Å²) in [5, 5.41) is 0. The molecule has 0 saturated carbocycles. The molecule has 0 aromatic carbocycles. The van der Waals surface area contributed by atoms with E-state index >= 15 is 0 Å². The molecule has 0 N–H and O–H groups in total. The fourth-order valence-corrected chi connectivity index (χ4v) is 3.95. The minimum Gasteiger partial charge on any atom is -0.466 e. The van der Waals surface area contributed by atoms with Crippen molar-refractivity contribution in [1.29, 1.82) is 0 Å². The zero-order valence-corrected chi connectivity index (χ0v) is 11.4. The number of rotatable bonds is 6. The number of esters is 1. The Labute approximate surface area is 103 Å². The largest absolute Gasteiger partial charge is 0.466 e. The molecule has 1 heterocycles. The zero-order chi connectivity index (χ0) is 12.0. The second-order valence-corrected chi connectivity index (χ2v) is 5.29. The summed E-state index contributed by atoms with van der Waals surface area (Å²) in [6, 6.07) is 0. The number of nitrogens with zero attached hydrogens (tertiary/aromatic N) is 1. The van der Waals surface area contributed by atoms with Crippen LogP contribution in [0.15, 0.2) is 0 Å². The van der Waals surface area contributed by atoms with E-state index in [0.29, 0.717) is 13.0 Å². The molecule has 1 aliphatic rings. The number of hydrogen-bond donors (Lipinski definition) is 0. The van der Waals surface area contributed by atoms with Gasteiger partial charge in [0.05, 0.1) is 13.0 Å².